The Morgan fingerprint density at radius 1 is 0.294 bits per heavy atom. The Labute approximate surface area is 295 Å². The van der Waals surface area contributed by atoms with Gasteiger partial charge in [-0.1, -0.05) is 152 Å². The molecule has 0 saturated heterocycles. The van der Waals surface area contributed by atoms with Crippen LogP contribution in [-0.4, -0.2) is 19.5 Å². The maximum Gasteiger partial charge on any atom is 0.164 e. The standard InChI is InChI=1S/C47H30N4/c1-2-13-33(14-3-1)45-48-46(34-25-22-32(23-26-34)36-27-24-31-12-4-5-15-35(31)28-36)50-47(49-45)38-29-37-16-6-7-17-39(37)44(30-38)51-42-20-10-8-18-40(42)41-19-9-11-21-43(41)51/h1-30H. The van der Waals surface area contributed by atoms with E-state index in [1.807, 2.05) is 18.2 Å². The summed E-state index contributed by atoms with van der Waals surface area (Å²) in [5.41, 5.74) is 8.54. The van der Waals surface area contributed by atoms with Crippen molar-refractivity contribution in [1.82, 2.24) is 19.5 Å². The number of rotatable bonds is 5. The second-order valence-electron chi connectivity index (χ2n) is 12.9. The first kappa shape index (κ1) is 29.0. The zero-order valence-electron chi connectivity index (χ0n) is 27.6. The minimum atomic E-state index is 0.630. The molecule has 10 aromatic rings. The summed E-state index contributed by atoms with van der Waals surface area (Å²) < 4.78 is 2.38. The Morgan fingerprint density at radius 2 is 0.765 bits per heavy atom. The number of aromatic nitrogens is 4. The molecule has 0 N–H and O–H groups in total. The summed E-state index contributed by atoms with van der Waals surface area (Å²) in [4.78, 5) is 15.3. The largest absolute Gasteiger partial charge is 0.309 e. The van der Waals surface area contributed by atoms with Crippen molar-refractivity contribution in [3.63, 3.8) is 0 Å². The Kier molecular flexibility index (Phi) is 6.78. The first-order valence-corrected chi connectivity index (χ1v) is 17.2. The molecule has 0 amide bonds. The second kappa shape index (κ2) is 11.9. The van der Waals surface area contributed by atoms with Crippen LogP contribution < -0.4 is 0 Å². The molecule has 10 rings (SSSR count). The van der Waals surface area contributed by atoms with Crippen LogP contribution in [0.25, 0.3) is 94.3 Å². The molecule has 0 aliphatic heterocycles. The lowest BCUT2D eigenvalue weighted by Crippen LogP contribution is -2.02. The fourth-order valence-corrected chi connectivity index (χ4v) is 7.32. The number of fused-ring (bicyclic) bond motifs is 5. The lowest BCUT2D eigenvalue weighted by atomic mass is 10.00. The van der Waals surface area contributed by atoms with Crippen molar-refractivity contribution in [2.75, 3.05) is 0 Å². The predicted molar refractivity (Wildman–Crippen MR) is 211 cm³/mol. The van der Waals surface area contributed by atoms with E-state index >= 15 is 0 Å². The predicted octanol–water partition coefficient (Wildman–Crippen LogP) is 11.9. The van der Waals surface area contributed by atoms with Crippen molar-refractivity contribution in [2.45, 2.75) is 0 Å². The molecule has 0 bridgehead atoms. The molecule has 0 unspecified atom stereocenters. The summed E-state index contributed by atoms with van der Waals surface area (Å²) >= 11 is 0. The molecule has 0 saturated carbocycles. The smallest absolute Gasteiger partial charge is 0.164 e. The molecule has 0 aliphatic rings. The first-order valence-electron chi connectivity index (χ1n) is 17.2. The van der Waals surface area contributed by atoms with Crippen LogP contribution in [0.1, 0.15) is 0 Å². The molecule has 4 nitrogen and oxygen atoms in total. The van der Waals surface area contributed by atoms with Crippen molar-refractivity contribution < 1.29 is 0 Å². The summed E-state index contributed by atoms with van der Waals surface area (Å²) in [6.07, 6.45) is 0. The zero-order valence-corrected chi connectivity index (χ0v) is 27.6. The minimum Gasteiger partial charge on any atom is -0.309 e. The van der Waals surface area contributed by atoms with Gasteiger partial charge in [-0.05, 0) is 57.6 Å². The fourth-order valence-electron chi connectivity index (χ4n) is 7.32. The van der Waals surface area contributed by atoms with E-state index in [-0.39, 0.29) is 0 Å². The minimum absolute atomic E-state index is 0.630. The third-order valence-electron chi connectivity index (χ3n) is 9.81. The lowest BCUT2D eigenvalue weighted by Gasteiger charge is -2.15. The second-order valence-corrected chi connectivity index (χ2v) is 12.9. The molecule has 51 heavy (non-hydrogen) atoms. The summed E-state index contributed by atoms with van der Waals surface area (Å²) in [7, 11) is 0. The Bertz CT molecular complexity index is 2850. The first-order chi connectivity index (χ1) is 25.3. The van der Waals surface area contributed by atoms with E-state index in [1.54, 1.807) is 0 Å². The van der Waals surface area contributed by atoms with E-state index in [1.165, 1.54) is 27.1 Å². The van der Waals surface area contributed by atoms with Gasteiger partial charge >= 0.3 is 0 Å². The monoisotopic (exact) mass is 650 g/mol. The molecule has 0 atom stereocenters. The fraction of sp³-hybridized carbons (Fsp3) is 0. The number of hydrogen-bond donors (Lipinski definition) is 0. The molecular formula is C47H30N4. The van der Waals surface area contributed by atoms with Crippen molar-refractivity contribution >= 4 is 43.4 Å². The van der Waals surface area contributed by atoms with Crippen LogP contribution >= 0.6 is 0 Å². The van der Waals surface area contributed by atoms with Crippen LogP contribution in [0.2, 0.25) is 0 Å². The summed E-state index contributed by atoms with van der Waals surface area (Å²) in [5, 5.41) is 7.19. The third-order valence-corrected chi connectivity index (χ3v) is 9.81. The van der Waals surface area contributed by atoms with E-state index in [0.717, 1.165) is 49.7 Å². The number of para-hydroxylation sites is 2. The van der Waals surface area contributed by atoms with E-state index in [4.69, 9.17) is 15.0 Å². The molecule has 2 aromatic heterocycles. The topological polar surface area (TPSA) is 43.6 Å². The van der Waals surface area contributed by atoms with Gasteiger partial charge in [0, 0.05) is 32.8 Å². The molecule has 0 aliphatic carbocycles. The molecule has 0 fully saturated rings. The number of benzene rings is 8. The van der Waals surface area contributed by atoms with Crippen molar-refractivity contribution in [3.8, 4) is 51.0 Å². The van der Waals surface area contributed by atoms with Crippen LogP contribution in [-0.2, 0) is 0 Å². The highest BCUT2D eigenvalue weighted by Crippen LogP contribution is 2.37. The molecule has 4 heteroatoms. The highest BCUT2D eigenvalue weighted by molar-refractivity contribution is 6.11. The van der Waals surface area contributed by atoms with Gasteiger partial charge in [0.05, 0.1) is 16.7 Å². The molecular weight excluding hydrogens is 621 g/mol. The zero-order chi connectivity index (χ0) is 33.7. The van der Waals surface area contributed by atoms with E-state index in [9.17, 15) is 0 Å². The van der Waals surface area contributed by atoms with Gasteiger partial charge in [0.25, 0.3) is 0 Å². The van der Waals surface area contributed by atoms with Crippen LogP contribution in [0.3, 0.4) is 0 Å². The molecule has 238 valence electrons. The van der Waals surface area contributed by atoms with Crippen LogP contribution in [0, 0.1) is 0 Å². The lowest BCUT2D eigenvalue weighted by molar-refractivity contribution is 1.07. The summed E-state index contributed by atoms with van der Waals surface area (Å²) in [5.74, 6) is 1.90. The van der Waals surface area contributed by atoms with Gasteiger partial charge in [0.15, 0.2) is 17.5 Å². The highest BCUT2D eigenvalue weighted by Gasteiger charge is 2.18. The van der Waals surface area contributed by atoms with Gasteiger partial charge in [0.1, 0.15) is 0 Å². The van der Waals surface area contributed by atoms with Gasteiger partial charge in [-0.2, -0.15) is 0 Å². The SMILES string of the molecule is c1ccc(-c2nc(-c3ccc(-c4ccc5ccccc5c4)cc3)nc(-c3cc(-n4c5ccccc5c5ccccc54)c4ccccc4c3)n2)cc1. The van der Waals surface area contributed by atoms with Gasteiger partial charge < -0.3 is 4.57 Å². The molecule has 0 radical (unpaired) electrons. The van der Waals surface area contributed by atoms with Crippen molar-refractivity contribution in [2.24, 2.45) is 0 Å². The van der Waals surface area contributed by atoms with Gasteiger partial charge in [-0.25, -0.2) is 15.0 Å². The summed E-state index contributed by atoms with van der Waals surface area (Å²) in [6.45, 7) is 0. The van der Waals surface area contributed by atoms with E-state index in [2.05, 4.69) is 168 Å². The molecule has 0 spiro atoms. The highest BCUT2D eigenvalue weighted by atomic mass is 15.0. The maximum atomic E-state index is 5.17. The third kappa shape index (κ3) is 5.04. The van der Waals surface area contributed by atoms with E-state index < -0.39 is 0 Å². The molecule has 8 aromatic carbocycles. The van der Waals surface area contributed by atoms with Crippen LogP contribution in [0.5, 0.6) is 0 Å². The van der Waals surface area contributed by atoms with Crippen LogP contribution in [0.15, 0.2) is 182 Å². The van der Waals surface area contributed by atoms with Crippen molar-refractivity contribution in [3.05, 3.63) is 182 Å². The normalized spacial score (nSPS) is 11.5. The molecule has 2 heterocycles. The average molecular weight is 651 g/mol. The van der Waals surface area contributed by atoms with E-state index in [0.29, 0.717) is 17.5 Å². The van der Waals surface area contributed by atoms with Crippen molar-refractivity contribution in [1.29, 1.82) is 0 Å². The number of nitrogens with zero attached hydrogens (tertiary/aromatic N) is 4. The quantitative estimate of drug-likeness (QED) is 0.186. The Hall–Kier alpha value is -6.91. The number of hydrogen-bond acceptors (Lipinski definition) is 3. The summed E-state index contributed by atoms with van der Waals surface area (Å²) in [6, 6.07) is 64.0. The van der Waals surface area contributed by atoms with Gasteiger partial charge in [-0.3, -0.25) is 0 Å². The Morgan fingerprint density at radius 3 is 1.45 bits per heavy atom. The van der Waals surface area contributed by atoms with Gasteiger partial charge in [0.2, 0.25) is 0 Å². The maximum absolute atomic E-state index is 5.17. The average Bonchev–Trinajstić information content (AvgIpc) is 3.55. The van der Waals surface area contributed by atoms with Gasteiger partial charge in [-0.15, -0.1) is 0 Å². The van der Waals surface area contributed by atoms with Crippen LogP contribution in [0.4, 0.5) is 0 Å². The Balaban J connectivity index is 1.16.